The van der Waals surface area contributed by atoms with Gasteiger partial charge in [0.25, 0.3) is 0 Å². The van der Waals surface area contributed by atoms with Crippen LogP contribution in [0, 0.1) is 5.92 Å². The van der Waals surface area contributed by atoms with Crippen LogP contribution in [0.15, 0.2) is 12.3 Å². The predicted octanol–water partition coefficient (Wildman–Crippen LogP) is 2.07. The molecule has 1 fully saturated rings. The minimum atomic E-state index is -0.927. The number of amides is 1. The average Bonchev–Trinajstić information content (AvgIpc) is 2.92. The van der Waals surface area contributed by atoms with Crippen LogP contribution < -0.4 is 0 Å². The van der Waals surface area contributed by atoms with E-state index in [-0.39, 0.29) is 12.3 Å². The SMILES string of the molecule is CCCn1nccc1C1C(C(=O)O)CC(=O)N1C(C)(C)C. The third-order valence-electron chi connectivity index (χ3n) is 3.85. The molecule has 6 heteroatoms. The number of carbonyl (C=O) groups excluding carboxylic acids is 1. The maximum atomic E-state index is 12.3. The lowest BCUT2D eigenvalue weighted by atomic mass is 9.95. The second-order valence-corrected chi connectivity index (χ2v) is 6.51. The number of aryl methyl sites for hydroxylation is 1. The molecule has 0 aromatic carbocycles. The lowest BCUT2D eigenvalue weighted by Gasteiger charge is -2.38. The highest BCUT2D eigenvalue weighted by atomic mass is 16.4. The number of rotatable bonds is 4. The number of carboxylic acid groups (broad SMARTS) is 1. The zero-order valence-corrected chi connectivity index (χ0v) is 13.0. The van der Waals surface area contributed by atoms with Gasteiger partial charge in [-0.15, -0.1) is 0 Å². The van der Waals surface area contributed by atoms with Crippen LogP contribution in [-0.4, -0.2) is 37.2 Å². The number of carbonyl (C=O) groups is 2. The molecule has 2 rings (SSSR count). The van der Waals surface area contributed by atoms with Crippen molar-refractivity contribution >= 4 is 11.9 Å². The van der Waals surface area contributed by atoms with Crippen molar-refractivity contribution in [3.8, 4) is 0 Å². The molecule has 6 nitrogen and oxygen atoms in total. The minimum Gasteiger partial charge on any atom is -0.481 e. The van der Waals surface area contributed by atoms with E-state index in [2.05, 4.69) is 5.10 Å². The molecule has 0 saturated carbocycles. The van der Waals surface area contributed by atoms with E-state index in [9.17, 15) is 14.7 Å². The molecule has 1 aromatic heterocycles. The van der Waals surface area contributed by atoms with E-state index in [1.807, 2.05) is 38.4 Å². The van der Waals surface area contributed by atoms with Gasteiger partial charge in [-0.1, -0.05) is 6.92 Å². The Morgan fingerprint density at radius 2 is 2.14 bits per heavy atom. The van der Waals surface area contributed by atoms with Crippen LogP contribution in [0.5, 0.6) is 0 Å². The summed E-state index contributed by atoms with van der Waals surface area (Å²) in [6.45, 7) is 8.56. The number of hydrogen-bond acceptors (Lipinski definition) is 3. The third-order valence-corrected chi connectivity index (χ3v) is 3.85. The van der Waals surface area contributed by atoms with Gasteiger partial charge in [0.1, 0.15) is 0 Å². The Morgan fingerprint density at radius 3 is 2.67 bits per heavy atom. The van der Waals surface area contributed by atoms with Crippen LogP contribution in [0.2, 0.25) is 0 Å². The molecule has 1 saturated heterocycles. The van der Waals surface area contributed by atoms with Crippen molar-refractivity contribution < 1.29 is 14.7 Å². The van der Waals surface area contributed by atoms with Crippen LogP contribution in [0.1, 0.15) is 52.3 Å². The van der Waals surface area contributed by atoms with Gasteiger partial charge in [0, 0.05) is 24.7 Å². The first kappa shape index (κ1) is 15.5. The molecule has 1 aliphatic rings. The molecule has 1 aliphatic heterocycles. The maximum absolute atomic E-state index is 12.3. The summed E-state index contributed by atoms with van der Waals surface area (Å²) in [4.78, 5) is 25.6. The summed E-state index contributed by atoms with van der Waals surface area (Å²) >= 11 is 0. The Kier molecular flexibility index (Phi) is 4.07. The quantitative estimate of drug-likeness (QED) is 0.922. The van der Waals surface area contributed by atoms with Crippen LogP contribution in [0.25, 0.3) is 0 Å². The summed E-state index contributed by atoms with van der Waals surface area (Å²) in [6, 6.07) is 1.37. The van der Waals surface area contributed by atoms with Crippen LogP contribution in [-0.2, 0) is 16.1 Å². The highest BCUT2D eigenvalue weighted by Gasteiger charge is 2.49. The van der Waals surface area contributed by atoms with Gasteiger partial charge in [0.15, 0.2) is 0 Å². The van der Waals surface area contributed by atoms with Gasteiger partial charge in [-0.05, 0) is 33.3 Å². The van der Waals surface area contributed by atoms with E-state index in [0.717, 1.165) is 18.7 Å². The van der Waals surface area contributed by atoms with Crippen molar-refractivity contribution in [3.05, 3.63) is 18.0 Å². The number of aromatic nitrogens is 2. The fourth-order valence-corrected chi connectivity index (χ4v) is 3.08. The van der Waals surface area contributed by atoms with Gasteiger partial charge in [-0.25, -0.2) is 0 Å². The van der Waals surface area contributed by atoms with Gasteiger partial charge < -0.3 is 10.0 Å². The van der Waals surface area contributed by atoms with E-state index in [4.69, 9.17) is 0 Å². The second-order valence-electron chi connectivity index (χ2n) is 6.51. The number of aliphatic carboxylic acids is 1. The third kappa shape index (κ3) is 2.80. The Bertz CT molecular complexity index is 545. The summed E-state index contributed by atoms with van der Waals surface area (Å²) in [7, 11) is 0. The number of likely N-dealkylation sites (tertiary alicyclic amines) is 1. The smallest absolute Gasteiger partial charge is 0.309 e. The molecule has 1 amide bonds. The summed E-state index contributed by atoms with van der Waals surface area (Å²) < 4.78 is 1.82. The molecule has 2 atom stereocenters. The van der Waals surface area contributed by atoms with Gasteiger partial charge in [-0.2, -0.15) is 5.10 Å². The molecule has 0 bridgehead atoms. The highest BCUT2D eigenvalue weighted by Crippen LogP contribution is 2.42. The monoisotopic (exact) mass is 293 g/mol. The minimum absolute atomic E-state index is 0.0502. The van der Waals surface area contributed by atoms with Crippen molar-refractivity contribution in [1.82, 2.24) is 14.7 Å². The molecule has 2 heterocycles. The lowest BCUT2D eigenvalue weighted by Crippen LogP contribution is -2.45. The molecule has 0 spiro atoms. The van der Waals surface area contributed by atoms with E-state index in [1.54, 1.807) is 11.1 Å². The topological polar surface area (TPSA) is 75.4 Å². The standard InChI is InChI=1S/C15H23N3O3/c1-5-8-17-11(6-7-16-17)13-10(14(20)21)9-12(19)18(13)15(2,3)4/h6-7,10,13H,5,8-9H2,1-4H3,(H,20,21). The number of nitrogens with zero attached hydrogens (tertiary/aromatic N) is 3. The Hall–Kier alpha value is -1.85. The molecular weight excluding hydrogens is 270 g/mol. The van der Waals surface area contributed by atoms with Crippen molar-refractivity contribution in [2.75, 3.05) is 0 Å². The Labute approximate surface area is 124 Å². The van der Waals surface area contributed by atoms with Crippen molar-refractivity contribution in [2.24, 2.45) is 5.92 Å². The van der Waals surface area contributed by atoms with Gasteiger partial charge in [0.05, 0.1) is 17.7 Å². The summed E-state index contributed by atoms with van der Waals surface area (Å²) in [5.41, 5.74) is 0.387. The summed E-state index contributed by atoms with van der Waals surface area (Å²) in [5, 5.41) is 13.8. The Balaban J connectivity index is 2.49. The zero-order chi connectivity index (χ0) is 15.8. The molecule has 2 unspecified atom stereocenters. The van der Waals surface area contributed by atoms with Crippen molar-refractivity contribution in [2.45, 2.75) is 58.7 Å². The number of hydrogen-bond donors (Lipinski definition) is 1. The van der Waals surface area contributed by atoms with Crippen LogP contribution in [0.4, 0.5) is 0 Å². The second kappa shape index (κ2) is 5.50. The first-order valence-corrected chi connectivity index (χ1v) is 7.34. The zero-order valence-electron chi connectivity index (χ0n) is 13.0. The van der Waals surface area contributed by atoms with Gasteiger partial charge in [-0.3, -0.25) is 14.3 Å². The molecule has 1 N–H and O–H groups in total. The lowest BCUT2D eigenvalue weighted by molar-refractivity contribution is -0.143. The summed E-state index contributed by atoms with van der Waals surface area (Å²) in [6.07, 6.45) is 2.63. The van der Waals surface area contributed by atoms with E-state index < -0.39 is 23.5 Å². The molecule has 0 radical (unpaired) electrons. The normalized spacial score (nSPS) is 22.9. The van der Waals surface area contributed by atoms with Gasteiger partial charge >= 0.3 is 5.97 Å². The molecule has 1 aromatic rings. The first-order chi connectivity index (χ1) is 9.77. The highest BCUT2D eigenvalue weighted by molar-refractivity contribution is 5.87. The van der Waals surface area contributed by atoms with E-state index in [0.29, 0.717) is 0 Å². The largest absolute Gasteiger partial charge is 0.481 e. The summed E-state index contributed by atoms with van der Waals surface area (Å²) in [5.74, 6) is -1.75. The fraction of sp³-hybridized carbons (Fsp3) is 0.667. The van der Waals surface area contributed by atoms with Crippen molar-refractivity contribution in [3.63, 3.8) is 0 Å². The molecular formula is C15H23N3O3. The van der Waals surface area contributed by atoms with E-state index >= 15 is 0 Å². The van der Waals surface area contributed by atoms with Crippen LogP contribution >= 0.6 is 0 Å². The molecule has 116 valence electrons. The average molecular weight is 293 g/mol. The first-order valence-electron chi connectivity index (χ1n) is 7.34. The Morgan fingerprint density at radius 1 is 1.48 bits per heavy atom. The number of carboxylic acids is 1. The molecule has 21 heavy (non-hydrogen) atoms. The van der Waals surface area contributed by atoms with Crippen LogP contribution in [0.3, 0.4) is 0 Å². The predicted molar refractivity (Wildman–Crippen MR) is 77.6 cm³/mol. The van der Waals surface area contributed by atoms with Crippen molar-refractivity contribution in [1.29, 1.82) is 0 Å². The maximum Gasteiger partial charge on any atom is 0.309 e. The fourth-order valence-electron chi connectivity index (χ4n) is 3.08. The van der Waals surface area contributed by atoms with E-state index in [1.165, 1.54) is 0 Å². The molecule has 0 aliphatic carbocycles. The van der Waals surface area contributed by atoms with Gasteiger partial charge in [0.2, 0.25) is 5.91 Å².